The molecule has 4 aromatic rings. The van der Waals surface area contributed by atoms with E-state index in [2.05, 4.69) is 96.1 Å². The average Bonchev–Trinajstić information content (AvgIpc) is 1.50. The zero-order chi connectivity index (χ0) is 60.0. The lowest BCUT2D eigenvalue weighted by Gasteiger charge is -2.40. The lowest BCUT2D eigenvalue weighted by molar-refractivity contribution is 0.100. The number of ketones is 3. The summed E-state index contributed by atoms with van der Waals surface area (Å²) in [5.41, 5.74) is 19.3. The van der Waals surface area contributed by atoms with Gasteiger partial charge in [-0.1, -0.05) is 309 Å². The first-order chi connectivity index (χ1) is 41.0. The zero-order valence-electron chi connectivity index (χ0n) is 55.6. The van der Waals surface area contributed by atoms with Gasteiger partial charge in [-0.05, 0) is 144 Å². The number of Topliss-reactive ketones (excluding diaryl/α,β-unsaturated/α-hetero) is 3. The van der Waals surface area contributed by atoms with Crippen molar-refractivity contribution in [3.05, 3.63) is 105 Å². The standard InChI is InChI=1S/C81H120O3/c1-10-16-22-28-34-40-52-79(53-41-35-29-23-17-11-2)70-58-64(61(7)82)46-49-67(70)73-76(79)74-68-50-47-65(62(8)83)59-71(68)80(54-42-36-30-24-18-12-3,55-43-37-31-25-19-13-4)78(74)75-69-51-48-66(63(9)84)60-72(69)81(77(73)75,56-44-38-32-26-20-14-5)57-45-39-33-27-21-15-6/h46-51,58-60H,10-45,52-57H2,1-9H3. The monoisotopic (exact) mass is 1140 g/mol. The van der Waals surface area contributed by atoms with Crippen molar-refractivity contribution >= 4 is 17.3 Å². The maximum absolute atomic E-state index is 14.0. The first kappa shape index (κ1) is 67.4. The van der Waals surface area contributed by atoms with Crippen molar-refractivity contribution in [3.8, 4) is 33.4 Å². The quantitative estimate of drug-likeness (QED) is 0.0327. The summed E-state index contributed by atoms with van der Waals surface area (Å²) in [6, 6.07) is 21.2. The minimum Gasteiger partial charge on any atom is -0.295 e. The fourth-order valence-corrected chi connectivity index (χ4v) is 16.7. The summed E-state index contributed by atoms with van der Waals surface area (Å²) in [4.78, 5) is 42.1. The molecule has 0 spiro atoms. The maximum atomic E-state index is 14.0. The summed E-state index contributed by atoms with van der Waals surface area (Å²) in [6.45, 7) is 19.4. The summed E-state index contributed by atoms with van der Waals surface area (Å²) < 4.78 is 0. The van der Waals surface area contributed by atoms with Crippen LogP contribution in [0.1, 0.15) is 396 Å². The Kier molecular flexibility index (Phi) is 27.2. The van der Waals surface area contributed by atoms with Gasteiger partial charge >= 0.3 is 0 Å². The van der Waals surface area contributed by atoms with E-state index in [1.807, 2.05) is 0 Å². The van der Waals surface area contributed by atoms with Gasteiger partial charge in [0.05, 0.1) is 0 Å². The predicted octanol–water partition coefficient (Wildman–Crippen LogP) is 25.6. The topological polar surface area (TPSA) is 51.2 Å². The number of unbranched alkanes of at least 4 members (excludes halogenated alkanes) is 30. The van der Waals surface area contributed by atoms with Gasteiger partial charge in [0.15, 0.2) is 17.3 Å². The Labute approximate surface area is 515 Å². The summed E-state index contributed by atoms with van der Waals surface area (Å²) in [7, 11) is 0. The first-order valence-corrected chi connectivity index (χ1v) is 36.2. The number of benzene rings is 4. The molecule has 0 aromatic heterocycles. The van der Waals surface area contributed by atoms with Crippen LogP contribution < -0.4 is 0 Å². The Balaban J connectivity index is 1.68. The van der Waals surface area contributed by atoms with Gasteiger partial charge in [0, 0.05) is 32.9 Å². The third-order valence-corrected chi connectivity index (χ3v) is 21.3. The molecule has 0 saturated heterocycles. The van der Waals surface area contributed by atoms with Gasteiger partial charge < -0.3 is 0 Å². The third kappa shape index (κ3) is 15.4. The van der Waals surface area contributed by atoms with E-state index in [1.54, 1.807) is 37.5 Å². The summed E-state index contributed by atoms with van der Waals surface area (Å²) >= 11 is 0. The second-order valence-electron chi connectivity index (χ2n) is 27.6. The molecule has 3 heteroatoms. The van der Waals surface area contributed by atoms with E-state index >= 15 is 0 Å². The van der Waals surface area contributed by atoms with Gasteiger partial charge in [0.1, 0.15) is 0 Å². The van der Waals surface area contributed by atoms with E-state index in [1.165, 1.54) is 243 Å². The predicted molar refractivity (Wildman–Crippen MR) is 363 cm³/mol. The van der Waals surface area contributed by atoms with Crippen molar-refractivity contribution in [1.29, 1.82) is 0 Å². The van der Waals surface area contributed by atoms with Crippen molar-refractivity contribution in [2.75, 3.05) is 0 Å². The smallest absolute Gasteiger partial charge is 0.159 e. The van der Waals surface area contributed by atoms with Gasteiger partial charge in [-0.25, -0.2) is 0 Å². The number of rotatable bonds is 45. The van der Waals surface area contributed by atoms with Gasteiger partial charge in [-0.3, -0.25) is 14.4 Å². The first-order valence-electron chi connectivity index (χ1n) is 36.2. The SMILES string of the molecule is CCCCCCCCC1(CCCCCCCC)c2cc(C(C)=O)ccc2-c2c1c1c(c3c2C(CCCCCCCC)(CCCCCCCC)c2cc(C(C)=O)ccc2-3)C(CCCCCCCC)(CCCCCCCC)c2cc(C(C)=O)ccc2-1. The van der Waals surface area contributed by atoms with Crippen molar-refractivity contribution in [3.63, 3.8) is 0 Å². The summed E-state index contributed by atoms with van der Waals surface area (Å²) in [6.07, 6.45) is 51.3. The fourth-order valence-electron chi connectivity index (χ4n) is 16.7. The Bertz CT molecular complexity index is 2370. The van der Waals surface area contributed by atoms with Crippen LogP contribution in [0.5, 0.6) is 0 Å². The molecular weight excluding hydrogens is 1020 g/mol. The second-order valence-corrected chi connectivity index (χ2v) is 27.6. The van der Waals surface area contributed by atoms with E-state index in [0.29, 0.717) is 0 Å². The molecule has 4 aromatic carbocycles. The molecule has 3 aliphatic carbocycles. The molecule has 7 rings (SSSR count). The molecular formula is C81H120O3. The maximum Gasteiger partial charge on any atom is 0.159 e. The number of hydrogen-bond donors (Lipinski definition) is 0. The molecule has 3 nitrogen and oxygen atoms in total. The largest absolute Gasteiger partial charge is 0.295 e. The third-order valence-electron chi connectivity index (χ3n) is 21.3. The zero-order valence-corrected chi connectivity index (χ0v) is 55.6. The Morgan fingerprint density at radius 1 is 0.262 bits per heavy atom. The van der Waals surface area contributed by atoms with Gasteiger partial charge in [0.25, 0.3) is 0 Å². The van der Waals surface area contributed by atoms with Crippen LogP contribution >= 0.6 is 0 Å². The van der Waals surface area contributed by atoms with Crippen LogP contribution in [0.4, 0.5) is 0 Å². The molecule has 462 valence electrons. The Hall–Kier alpha value is -4.11. The van der Waals surface area contributed by atoms with Crippen LogP contribution in [0.25, 0.3) is 33.4 Å². The molecule has 0 atom stereocenters. The average molecular weight is 1140 g/mol. The normalized spacial score (nSPS) is 14.5. The molecule has 84 heavy (non-hydrogen) atoms. The van der Waals surface area contributed by atoms with Gasteiger partial charge in [-0.15, -0.1) is 0 Å². The molecule has 0 heterocycles. The molecule has 3 aliphatic rings. The van der Waals surface area contributed by atoms with Gasteiger partial charge in [0.2, 0.25) is 0 Å². The molecule has 0 aliphatic heterocycles. The van der Waals surface area contributed by atoms with E-state index in [4.69, 9.17) is 0 Å². The van der Waals surface area contributed by atoms with E-state index in [-0.39, 0.29) is 33.6 Å². The Morgan fingerprint density at radius 3 is 0.619 bits per heavy atom. The van der Waals surface area contributed by atoms with Crippen molar-refractivity contribution in [2.45, 2.75) is 348 Å². The number of fused-ring (bicyclic) bond motifs is 12. The van der Waals surface area contributed by atoms with Crippen molar-refractivity contribution in [1.82, 2.24) is 0 Å². The van der Waals surface area contributed by atoms with Crippen LogP contribution in [-0.4, -0.2) is 17.3 Å². The van der Waals surface area contributed by atoms with Crippen LogP contribution in [-0.2, 0) is 16.2 Å². The summed E-state index contributed by atoms with van der Waals surface area (Å²) in [5.74, 6) is 0.461. The highest BCUT2D eigenvalue weighted by molar-refractivity contribution is 6.07. The van der Waals surface area contributed by atoms with Gasteiger partial charge in [-0.2, -0.15) is 0 Å². The highest BCUT2D eigenvalue weighted by Gasteiger charge is 2.58. The van der Waals surface area contributed by atoms with Crippen LogP contribution in [0.2, 0.25) is 0 Å². The molecule has 0 bridgehead atoms. The van der Waals surface area contributed by atoms with E-state index < -0.39 is 0 Å². The number of carbonyl (C=O) groups excluding carboxylic acids is 3. The van der Waals surface area contributed by atoms with Crippen LogP contribution in [0.3, 0.4) is 0 Å². The molecule has 0 fully saturated rings. The highest BCUT2D eigenvalue weighted by Crippen LogP contribution is 2.71. The van der Waals surface area contributed by atoms with Crippen LogP contribution in [0, 0.1) is 0 Å². The number of carbonyl (C=O) groups is 3. The van der Waals surface area contributed by atoms with Crippen LogP contribution in [0.15, 0.2) is 54.6 Å². The highest BCUT2D eigenvalue weighted by atomic mass is 16.1. The molecule has 0 unspecified atom stereocenters. The number of hydrogen-bond acceptors (Lipinski definition) is 3. The van der Waals surface area contributed by atoms with Crippen molar-refractivity contribution in [2.24, 2.45) is 0 Å². The lowest BCUT2D eigenvalue weighted by Crippen LogP contribution is -2.31. The fraction of sp³-hybridized carbons (Fsp3) is 0.667. The molecule has 0 saturated carbocycles. The summed E-state index contributed by atoms with van der Waals surface area (Å²) in [5, 5.41) is 0. The molecule has 0 radical (unpaired) electrons. The lowest BCUT2D eigenvalue weighted by atomic mass is 9.63. The van der Waals surface area contributed by atoms with E-state index in [0.717, 1.165) is 93.7 Å². The minimum atomic E-state index is -0.303. The Morgan fingerprint density at radius 2 is 0.440 bits per heavy atom. The molecule has 0 N–H and O–H groups in total. The second kappa shape index (κ2) is 33.9. The van der Waals surface area contributed by atoms with E-state index in [9.17, 15) is 14.4 Å². The van der Waals surface area contributed by atoms with Crippen molar-refractivity contribution < 1.29 is 14.4 Å². The minimum absolute atomic E-state index is 0.154. The molecule has 0 amide bonds.